The molecule has 0 spiro atoms. The fraction of sp³-hybridized carbons (Fsp3) is 0.600. The highest BCUT2D eigenvalue weighted by atomic mass is 32.2. The SMILES string of the molecule is CCCCN(CCCC)S(=O)(=O)Cc1ccc(N)cc1. The van der Waals surface area contributed by atoms with Gasteiger partial charge in [-0.1, -0.05) is 38.8 Å². The summed E-state index contributed by atoms with van der Waals surface area (Å²) in [6, 6.07) is 7.05. The van der Waals surface area contributed by atoms with Crippen LogP contribution in [0.2, 0.25) is 0 Å². The fourth-order valence-electron chi connectivity index (χ4n) is 1.97. The number of nitrogens with zero attached hydrogens (tertiary/aromatic N) is 1. The van der Waals surface area contributed by atoms with E-state index in [0.29, 0.717) is 18.8 Å². The first-order valence-corrected chi connectivity index (χ1v) is 8.92. The Morgan fingerprint density at radius 2 is 1.50 bits per heavy atom. The smallest absolute Gasteiger partial charge is 0.218 e. The average molecular weight is 298 g/mol. The number of nitrogens with two attached hydrogens (primary N) is 1. The minimum absolute atomic E-state index is 0.0563. The maximum atomic E-state index is 12.5. The quantitative estimate of drug-likeness (QED) is 0.713. The summed E-state index contributed by atoms with van der Waals surface area (Å²) < 4.78 is 26.6. The molecule has 0 aliphatic heterocycles. The Morgan fingerprint density at radius 1 is 1.00 bits per heavy atom. The van der Waals surface area contributed by atoms with Crippen molar-refractivity contribution < 1.29 is 8.42 Å². The molecule has 20 heavy (non-hydrogen) atoms. The monoisotopic (exact) mass is 298 g/mol. The number of benzene rings is 1. The van der Waals surface area contributed by atoms with Crippen LogP contribution in [0.5, 0.6) is 0 Å². The van der Waals surface area contributed by atoms with E-state index in [0.717, 1.165) is 31.2 Å². The zero-order valence-electron chi connectivity index (χ0n) is 12.5. The second-order valence-corrected chi connectivity index (χ2v) is 7.07. The Labute approximate surface area is 123 Å². The molecule has 0 aliphatic rings. The van der Waals surface area contributed by atoms with Gasteiger partial charge in [-0.15, -0.1) is 0 Å². The summed E-state index contributed by atoms with van der Waals surface area (Å²) >= 11 is 0. The van der Waals surface area contributed by atoms with Crippen LogP contribution in [0, 0.1) is 0 Å². The summed E-state index contributed by atoms with van der Waals surface area (Å²) in [5, 5.41) is 0. The van der Waals surface area contributed by atoms with Crippen molar-refractivity contribution in [3.05, 3.63) is 29.8 Å². The van der Waals surface area contributed by atoms with E-state index in [2.05, 4.69) is 13.8 Å². The average Bonchev–Trinajstić information content (AvgIpc) is 2.41. The lowest BCUT2D eigenvalue weighted by Gasteiger charge is -2.22. The molecule has 0 bridgehead atoms. The van der Waals surface area contributed by atoms with Crippen LogP contribution in [0.15, 0.2) is 24.3 Å². The van der Waals surface area contributed by atoms with Gasteiger partial charge in [0.2, 0.25) is 10.0 Å². The third-order valence-electron chi connectivity index (χ3n) is 3.24. The van der Waals surface area contributed by atoms with Crippen molar-refractivity contribution >= 4 is 15.7 Å². The molecule has 0 radical (unpaired) electrons. The highest BCUT2D eigenvalue weighted by molar-refractivity contribution is 7.88. The molecule has 1 aromatic carbocycles. The van der Waals surface area contributed by atoms with Crippen molar-refractivity contribution in [1.82, 2.24) is 4.31 Å². The summed E-state index contributed by atoms with van der Waals surface area (Å²) in [6.07, 6.45) is 3.81. The van der Waals surface area contributed by atoms with Gasteiger partial charge >= 0.3 is 0 Å². The van der Waals surface area contributed by atoms with Gasteiger partial charge in [0.05, 0.1) is 5.75 Å². The van der Waals surface area contributed by atoms with Crippen LogP contribution in [0.4, 0.5) is 5.69 Å². The van der Waals surface area contributed by atoms with Crippen LogP contribution in [-0.2, 0) is 15.8 Å². The van der Waals surface area contributed by atoms with Crippen molar-refractivity contribution in [3.63, 3.8) is 0 Å². The van der Waals surface area contributed by atoms with Crippen molar-refractivity contribution in [3.8, 4) is 0 Å². The third-order valence-corrected chi connectivity index (χ3v) is 5.09. The molecular weight excluding hydrogens is 272 g/mol. The molecule has 0 saturated carbocycles. The molecule has 1 rings (SSSR count). The van der Waals surface area contributed by atoms with Gasteiger partial charge in [0, 0.05) is 18.8 Å². The van der Waals surface area contributed by atoms with E-state index in [1.807, 2.05) is 0 Å². The molecule has 0 aliphatic carbocycles. The van der Waals surface area contributed by atoms with E-state index in [-0.39, 0.29) is 5.75 Å². The number of anilines is 1. The minimum Gasteiger partial charge on any atom is -0.399 e. The van der Waals surface area contributed by atoms with E-state index in [4.69, 9.17) is 5.73 Å². The molecule has 0 atom stereocenters. The molecular formula is C15H26N2O2S. The van der Waals surface area contributed by atoms with Gasteiger partial charge in [0.15, 0.2) is 0 Å². The number of hydrogen-bond acceptors (Lipinski definition) is 3. The van der Waals surface area contributed by atoms with Crippen molar-refractivity contribution in [1.29, 1.82) is 0 Å². The molecule has 114 valence electrons. The number of unbranched alkanes of at least 4 members (excludes halogenated alkanes) is 2. The molecule has 5 heteroatoms. The van der Waals surface area contributed by atoms with Crippen LogP contribution in [0.25, 0.3) is 0 Å². The Hall–Kier alpha value is -1.07. The Balaban J connectivity index is 2.77. The first kappa shape index (κ1) is 17.0. The standard InChI is InChI=1S/C15H26N2O2S/c1-3-5-11-17(12-6-4-2)20(18,19)13-14-7-9-15(16)10-8-14/h7-10H,3-6,11-13,16H2,1-2H3. The number of sulfonamides is 1. The molecule has 0 unspecified atom stereocenters. The van der Waals surface area contributed by atoms with Crippen LogP contribution < -0.4 is 5.73 Å². The highest BCUT2D eigenvalue weighted by Gasteiger charge is 2.21. The van der Waals surface area contributed by atoms with E-state index in [1.165, 1.54) is 0 Å². The van der Waals surface area contributed by atoms with Gasteiger partial charge in [-0.3, -0.25) is 0 Å². The lowest BCUT2D eigenvalue weighted by molar-refractivity contribution is 0.394. The lowest BCUT2D eigenvalue weighted by atomic mass is 10.2. The largest absolute Gasteiger partial charge is 0.399 e. The fourth-order valence-corrected chi connectivity index (χ4v) is 3.59. The van der Waals surface area contributed by atoms with Gasteiger partial charge in [-0.05, 0) is 30.5 Å². The Bertz CT molecular complexity index is 475. The predicted octanol–water partition coefficient (Wildman–Crippen LogP) is 3.00. The van der Waals surface area contributed by atoms with Crippen molar-refractivity contribution in [2.75, 3.05) is 18.8 Å². The van der Waals surface area contributed by atoms with Crippen LogP contribution in [0.1, 0.15) is 45.1 Å². The zero-order valence-corrected chi connectivity index (χ0v) is 13.3. The molecule has 1 aromatic rings. The van der Waals surface area contributed by atoms with E-state index in [1.54, 1.807) is 28.6 Å². The summed E-state index contributed by atoms with van der Waals surface area (Å²) in [5.41, 5.74) is 7.06. The van der Waals surface area contributed by atoms with Crippen LogP contribution in [-0.4, -0.2) is 25.8 Å². The summed E-state index contributed by atoms with van der Waals surface area (Å²) in [7, 11) is -3.24. The normalized spacial score (nSPS) is 11.9. The van der Waals surface area contributed by atoms with E-state index < -0.39 is 10.0 Å². The molecule has 0 aromatic heterocycles. The van der Waals surface area contributed by atoms with Gasteiger partial charge in [-0.2, -0.15) is 0 Å². The first-order chi connectivity index (χ1) is 9.49. The molecule has 2 N–H and O–H groups in total. The van der Waals surface area contributed by atoms with Crippen molar-refractivity contribution in [2.24, 2.45) is 0 Å². The lowest BCUT2D eigenvalue weighted by Crippen LogP contribution is -2.34. The molecule has 4 nitrogen and oxygen atoms in total. The van der Waals surface area contributed by atoms with Gasteiger partial charge < -0.3 is 5.73 Å². The molecule has 0 saturated heterocycles. The van der Waals surface area contributed by atoms with Crippen LogP contribution >= 0.6 is 0 Å². The van der Waals surface area contributed by atoms with Crippen LogP contribution in [0.3, 0.4) is 0 Å². The Morgan fingerprint density at radius 3 is 1.95 bits per heavy atom. The molecule has 0 heterocycles. The Kier molecular flexibility index (Phi) is 7.02. The topological polar surface area (TPSA) is 63.4 Å². The number of nitrogen functional groups attached to an aromatic ring is 1. The van der Waals surface area contributed by atoms with Crippen molar-refractivity contribution in [2.45, 2.75) is 45.3 Å². The second-order valence-electron chi connectivity index (χ2n) is 5.10. The number of rotatable bonds is 9. The molecule has 0 amide bonds. The molecule has 0 fully saturated rings. The predicted molar refractivity (Wildman–Crippen MR) is 84.9 cm³/mol. The highest BCUT2D eigenvalue weighted by Crippen LogP contribution is 2.14. The van der Waals surface area contributed by atoms with Gasteiger partial charge in [0.1, 0.15) is 0 Å². The van der Waals surface area contributed by atoms with E-state index >= 15 is 0 Å². The first-order valence-electron chi connectivity index (χ1n) is 7.31. The summed E-state index contributed by atoms with van der Waals surface area (Å²) in [6.45, 7) is 5.39. The maximum absolute atomic E-state index is 12.5. The number of hydrogen-bond donors (Lipinski definition) is 1. The van der Waals surface area contributed by atoms with E-state index in [9.17, 15) is 8.42 Å². The summed E-state index contributed by atoms with van der Waals surface area (Å²) in [5.74, 6) is 0.0563. The van der Waals surface area contributed by atoms with Gasteiger partial charge in [0.25, 0.3) is 0 Å². The zero-order chi connectivity index (χ0) is 15.0. The summed E-state index contributed by atoms with van der Waals surface area (Å²) in [4.78, 5) is 0. The minimum atomic E-state index is -3.24. The third kappa shape index (κ3) is 5.51. The maximum Gasteiger partial charge on any atom is 0.218 e. The van der Waals surface area contributed by atoms with Gasteiger partial charge in [-0.25, -0.2) is 12.7 Å². The second kappa shape index (κ2) is 8.27.